The smallest absolute Gasteiger partial charge is 0.337 e. The Bertz CT molecular complexity index is 1490. The highest BCUT2D eigenvalue weighted by Crippen LogP contribution is 2.40. The first-order valence-electron chi connectivity index (χ1n) is 10.4. The van der Waals surface area contributed by atoms with Crippen molar-refractivity contribution in [1.82, 2.24) is 4.98 Å². The second kappa shape index (κ2) is 7.70. The van der Waals surface area contributed by atoms with Crippen molar-refractivity contribution in [2.24, 2.45) is 0 Å². The van der Waals surface area contributed by atoms with Crippen LogP contribution in [0, 0.1) is 13.8 Å². The van der Waals surface area contributed by atoms with Crippen molar-refractivity contribution in [2.45, 2.75) is 19.9 Å². The van der Waals surface area contributed by atoms with E-state index in [4.69, 9.17) is 9.15 Å². The zero-order valence-electron chi connectivity index (χ0n) is 18.3. The molecular formula is C26H20N2O5. The topological polar surface area (TPSA) is 89.7 Å². The molecule has 1 amide bonds. The lowest BCUT2D eigenvalue weighted by atomic mass is 9.97. The fourth-order valence-corrected chi connectivity index (χ4v) is 4.22. The number of carbonyl (C=O) groups is 2. The number of esters is 1. The summed E-state index contributed by atoms with van der Waals surface area (Å²) in [7, 11) is 1.31. The van der Waals surface area contributed by atoms with Crippen molar-refractivity contribution in [3.63, 3.8) is 0 Å². The van der Waals surface area contributed by atoms with Gasteiger partial charge in [-0.3, -0.25) is 14.5 Å². The van der Waals surface area contributed by atoms with Gasteiger partial charge in [0.15, 0.2) is 5.43 Å². The van der Waals surface area contributed by atoms with E-state index in [9.17, 15) is 14.4 Å². The number of fused-ring (bicyclic) bond motifs is 2. The van der Waals surface area contributed by atoms with E-state index in [0.29, 0.717) is 27.9 Å². The van der Waals surface area contributed by atoms with Crippen LogP contribution in [0.2, 0.25) is 0 Å². The monoisotopic (exact) mass is 440 g/mol. The number of aromatic nitrogens is 1. The minimum absolute atomic E-state index is 0.00158. The lowest BCUT2D eigenvalue weighted by molar-refractivity contribution is 0.0600. The quantitative estimate of drug-likeness (QED) is 0.440. The number of aryl methyl sites for hydroxylation is 2. The zero-order chi connectivity index (χ0) is 23.3. The number of hydrogen-bond donors (Lipinski definition) is 0. The Morgan fingerprint density at radius 1 is 1.03 bits per heavy atom. The maximum absolute atomic E-state index is 13.6. The summed E-state index contributed by atoms with van der Waals surface area (Å²) in [6.45, 7) is 3.72. The first kappa shape index (κ1) is 20.6. The largest absolute Gasteiger partial charge is 0.465 e. The average molecular weight is 440 g/mol. The number of hydrogen-bond acceptors (Lipinski definition) is 6. The summed E-state index contributed by atoms with van der Waals surface area (Å²) in [5, 5.41) is 0.414. The van der Waals surface area contributed by atoms with E-state index in [1.807, 2.05) is 26.0 Å². The van der Waals surface area contributed by atoms with Crippen LogP contribution in [0.25, 0.3) is 11.0 Å². The third-order valence-electron chi connectivity index (χ3n) is 5.79. The fourth-order valence-electron chi connectivity index (χ4n) is 4.22. The molecule has 7 heteroatoms. The third-order valence-corrected chi connectivity index (χ3v) is 5.79. The predicted molar refractivity (Wildman–Crippen MR) is 123 cm³/mol. The number of nitrogens with zero attached hydrogens (tertiary/aromatic N) is 2. The van der Waals surface area contributed by atoms with E-state index in [2.05, 4.69) is 4.98 Å². The Hall–Kier alpha value is -4.26. The molecule has 0 saturated carbocycles. The second-order valence-electron chi connectivity index (χ2n) is 8.00. The molecule has 0 radical (unpaired) electrons. The van der Waals surface area contributed by atoms with E-state index in [0.717, 1.165) is 11.3 Å². The SMILES string of the molecule is COC(=O)c1ccc(C2c3c(oc4ccc(C)cc4c3=O)C(=O)N2c2cccc(C)n2)cc1. The predicted octanol–water partition coefficient (Wildman–Crippen LogP) is 4.34. The molecule has 2 aromatic carbocycles. The van der Waals surface area contributed by atoms with Gasteiger partial charge in [0, 0.05) is 5.69 Å². The summed E-state index contributed by atoms with van der Waals surface area (Å²) in [6.07, 6.45) is 0. The Kier molecular flexibility index (Phi) is 4.82. The maximum atomic E-state index is 13.6. The summed E-state index contributed by atoms with van der Waals surface area (Å²) in [5.74, 6) is -0.498. The lowest BCUT2D eigenvalue weighted by Gasteiger charge is -2.24. The van der Waals surface area contributed by atoms with Gasteiger partial charge in [0.1, 0.15) is 11.4 Å². The van der Waals surface area contributed by atoms with E-state index < -0.39 is 17.9 Å². The summed E-state index contributed by atoms with van der Waals surface area (Å²) in [5.41, 5.74) is 3.01. The molecule has 5 rings (SSSR count). The molecule has 4 aromatic rings. The number of anilines is 1. The van der Waals surface area contributed by atoms with E-state index in [1.165, 1.54) is 12.0 Å². The molecule has 0 bridgehead atoms. The average Bonchev–Trinajstić information content (AvgIpc) is 3.11. The lowest BCUT2D eigenvalue weighted by Crippen LogP contribution is -2.30. The van der Waals surface area contributed by atoms with Crippen LogP contribution in [0.3, 0.4) is 0 Å². The van der Waals surface area contributed by atoms with Gasteiger partial charge in [-0.25, -0.2) is 9.78 Å². The Balaban J connectivity index is 1.77. The third kappa shape index (κ3) is 3.29. The van der Waals surface area contributed by atoms with Crippen LogP contribution in [0.1, 0.15) is 49.3 Å². The van der Waals surface area contributed by atoms with Gasteiger partial charge in [-0.2, -0.15) is 0 Å². The van der Waals surface area contributed by atoms with E-state index >= 15 is 0 Å². The van der Waals surface area contributed by atoms with Crippen molar-refractivity contribution in [3.05, 3.63) is 105 Å². The second-order valence-corrected chi connectivity index (χ2v) is 8.00. The molecule has 7 nitrogen and oxygen atoms in total. The molecule has 1 aliphatic heterocycles. The molecule has 0 saturated heterocycles. The van der Waals surface area contributed by atoms with Crippen LogP contribution in [-0.4, -0.2) is 24.0 Å². The molecule has 0 fully saturated rings. The van der Waals surface area contributed by atoms with Crippen molar-refractivity contribution in [2.75, 3.05) is 12.0 Å². The molecule has 1 unspecified atom stereocenters. The number of carbonyl (C=O) groups excluding carboxylic acids is 2. The van der Waals surface area contributed by atoms with Crippen LogP contribution in [-0.2, 0) is 4.74 Å². The molecular weight excluding hydrogens is 420 g/mol. The van der Waals surface area contributed by atoms with Crippen LogP contribution >= 0.6 is 0 Å². The summed E-state index contributed by atoms with van der Waals surface area (Å²) < 4.78 is 10.8. The highest BCUT2D eigenvalue weighted by molar-refractivity contribution is 6.10. The van der Waals surface area contributed by atoms with Crippen LogP contribution in [0.4, 0.5) is 5.82 Å². The summed E-state index contributed by atoms with van der Waals surface area (Å²) in [6, 6.07) is 16.5. The van der Waals surface area contributed by atoms with Gasteiger partial charge in [-0.05, 0) is 55.8 Å². The van der Waals surface area contributed by atoms with Crippen molar-refractivity contribution in [3.8, 4) is 0 Å². The van der Waals surface area contributed by atoms with E-state index in [-0.39, 0.29) is 16.8 Å². The number of benzene rings is 2. The molecule has 0 N–H and O–H groups in total. The molecule has 0 spiro atoms. The van der Waals surface area contributed by atoms with Gasteiger partial charge >= 0.3 is 5.97 Å². The molecule has 3 heterocycles. The number of pyridine rings is 1. The maximum Gasteiger partial charge on any atom is 0.337 e. The number of methoxy groups -OCH3 is 1. The van der Waals surface area contributed by atoms with Crippen molar-refractivity contribution in [1.29, 1.82) is 0 Å². The number of amides is 1. The minimum Gasteiger partial charge on any atom is -0.465 e. The molecule has 1 aliphatic rings. The van der Waals surface area contributed by atoms with Gasteiger partial charge < -0.3 is 9.15 Å². The van der Waals surface area contributed by atoms with Crippen molar-refractivity contribution < 1.29 is 18.7 Å². The van der Waals surface area contributed by atoms with Gasteiger partial charge in [0.2, 0.25) is 5.76 Å². The van der Waals surface area contributed by atoms with Crippen LogP contribution < -0.4 is 10.3 Å². The van der Waals surface area contributed by atoms with Gasteiger partial charge in [0.25, 0.3) is 5.91 Å². The molecule has 2 aromatic heterocycles. The highest BCUT2D eigenvalue weighted by Gasteiger charge is 2.44. The summed E-state index contributed by atoms with van der Waals surface area (Å²) in [4.78, 5) is 45.1. The molecule has 33 heavy (non-hydrogen) atoms. The molecule has 164 valence electrons. The van der Waals surface area contributed by atoms with Crippen LogP contribution in [0.5, 0.6) is 0 Å². The Labute approximate surface area is 189 Å². The van der Waals surface area contributed by atoms with Gasteiger partial charge in [-0.1, -0.05) is 29.8 Å². The molecule has 0 aliphatic carbocycles. The number of rotatable bonds is 3. The Morgan fingerprint density at radius 2 is 1.79 bits per heavy atom. The summed E-state index contributed by atoms with van der Waals surface area (Å²) >= 11 is 0. The Morgan fingerprint density at radius 3 is 2.48 bits per heavy atom. The van der Waals surface area contributed by atoms with Crippen molar-refractivity contribution >= 4 is 28.7 Å². The number of ether oxygens (including phenoxy) is 1. The van der Waals surface area contributed by atoms with Crippen LogP contribution in [0.15, 0.2) is 69.9 Å². The van der Waals surface area contributed by atoms with Gasteiger partial charge in [-0.15, -0.1) is 0 Å². The minimum atomic E-state index is -0.755. The van der Waals surface area contributed by atoms with E-state index in [1.54, 1.807) is 48.5 Å². The zero-order valence-corrected chi connectivity index (χ0v) is 18.3. The highest BCUT2D eigenvalue weighted by atomic mass is 16.5. The first-order chi connectivity index (χ1) is 15.9. The van der Waals surface area contributed by atoms with Gasteiger partial charge in [0.05, 0.1) is 29.7 Å². The normalized spacial score (nSPS) is 15.1. The first-order valence-corrected chi connectivity index (χ1v) is 10.4. The fraction of sp³-hybridized carbons (Fsp3) is 0.154. The standard InChI is InChI=1S/C26H20N2O5/c1-14-7-12-19-18(13-14)23(29)21-22(16-8-10-17(11-9-16)26(31)32-3)28(25(30)24(21)33-19)20-6-4-5-15(2)27-20/h4-13,22H,1-3H3. The molecule has 1 atom stereocenters.